The van der Waals surface area contributed by atoms with Gasteiger partial charge in [-0.1, -0.05) is 47.6 Å². The molecule has 2 N–H and O–H groups in total. The maximum absolute atomic E-state index is 6.28. The van der Waals surface area contributed by atoms with E-state index in [-0.39, 0.29) is 0 Å². The van der Waals surface area contributed by atoms with Crippen LogP contribution < -0.4 is 5.73 Å². The molecule has 0 aliphatic carbocycles. The zero-order valence-corrected chi connectivity index (χ0v) is 12.7. The number of rotatable bonds is 3. The molecule has 0 unspecified atom stereocenters. The van der Waals surface area contributed by atoms with Crippen molar-refractivity contribution in [3.63, 3.8) is 0 Å². The second-order valence-electron chi connectivity index (χ2n) is 5.70. The zero-order chi connectivity index (χ0) is 13.3. The minimum atomic E-state index is 0.444. The normalized spacial score (nSPS) is 11.9. The molecule has 1 aromatic carbocycles. The highest BCUT2D eigenvalue weighted by atomic mass is 32.1. The van der Waals surface area contributed by atoms with Gasteiger partial charge >= 0.3 is 0 Å². The van der Waals surface area contributed by atoms with Crippen LogP contribution in [0.4, 0.5) is 5.69 Å². The Morgan fingerprint density at radius 2 is 1.35 bits per heavy atom. The quantitative estimate of drug-likeness (QED) is 0.578. The molecule has 0 aromatic heterocycles. The molecule has 2 heteroatoms. The zero-order valence-electron chi connectivity index (χ0n) is 11.8. The molecule has 96 valence electrons. The van der Waals surface area contributed by atoms with E-state index in [2.05, 4.69) is 60.2 Å². The number of nitrogens with two attached hydrogens (primary N) is 1. The van der Waals surface area contributed by atoms with E-state index in [0.717, 1.165) is 10.6 Å². The fourth-order valence-corrected chi connectivity index (χ4v) is 2.76. The van der Waals surface area contributed by atoms with Crippen LogP contribution in [0.15, 0.2) is 11.0 Å². The monoisotopic (exact) mass is 251 g/mol. The van der Waals surface area contributed by atoms with Gasteiger partial charge in [0.2, 0.25) is 0 Å². The fourth-order valence-electron chi connectivity index (χ4n) is 2.31. The lowest BCUT2D eigenvalue weighted by Gasteiger charge is -2.23. The predicted octanol–water partition coefficient (Wildman–Crippen LogP) is 4.93. The van der Waals surface area contributed by atoms with Crippen LogP contribution in [0.25, 0.3) is 0 Å². The maximum atomic E-state index is 6.28. The third-order valence-corrected chi connectivity index (χ3v) is 3.76. The molecule has 0 bridgehead atoms. The Kier molecular flexibility index (Phi) is 4.54. The molecular formula is C15H25NS. The number of hydrogen-bond donors (Lipinski definition) is 2. The largest absolute Gasteiger partial charge is 0.398 e. The summed E-state index contributed by atoms with van der Waals surface area (Å²) in [4.78, 5) is 0.966. The second kappa shape index (κ2) is 5.34. The third-order valence-electron chi connectivity index (χ3n) is 3.26. The molecular weight excluding hydrogens is 226 g/mol. The van der Waals surface area contributed by atoms with Crippen LogP contribution in [0.5, 0.6) is 0 Å². The van der Waals surface area contributed by atoms with Crippen LogP contribution in [-0.4, -0.2) is 0 Å². The minimum absolute atomic E-state index is 0.444. The summed E-state index contributed by atoms with van der Waals surface area (Å²) in [6.45, 7) is 13.2. The first-order chi connectivity index (χ1) is 7.77. The van der Waals surface area contributed by atoms with Crippen LogP contribution in [0.3, 0.4) is 0 Å². The van der Waals surface area contributed by atoms with E-state index in [1.807, 2.05) is 0 Å². The molecule has 0 saturated carbocycles. The predicted molar refractivity (Wildman–Crippen MR) is 80.4 cm³/mol. The Balaban J connectivity index is 3.57. The Morgan fingerprint density at radius 1 is 0.882 bits per heavy atom. The van der Waals surface area contributed by atoms with E-state index >= 15 is 0 Å². The van der Waals surface area contributed by atoms with E-state index in [4.69, 9.17) is 5.73 Å². The third kappa shape index (κ3) is 2.79. The van der Waals surface area contributed by atoms with Crippen molar-refractivity contribution in [2.75, 3.05) is 5.73 Å². The number of anilines is 1. The minimum Gasteiger partial charge on any atom is -0.398 e. The van der Waals surface area contributed by atoms with E-state index in [1.165, 1.54) is 16.7 Å². The standard InChI is InChI=1S/C15H25NS/c1-8(2)11-7-12(9(3)4)15(17)14(16)13(11)10(5)6/h7-10,17H,16H2,1-6H3. The van der Waals surface area contributed by atoms with Crippen LogP contribution in [-0.2, 0) is 0 Å². The van der Waals surface area contributed by atoms with Gasteiger partial charge in [-0.3, -0.25) is 0 Å². The molecule has 0 aliphatic rings. The number of benzene rings is 1. The molecule has 0 amide bonds. The summed E-state index contributed by atoms with van der Waals surface area (Å²) < 4.78 is 0. The summed E-state index contributed by atoms with van der Waals surface area (Å²) in [5.41, 5.74) is 11.1. The summed E-state index contributed by atoms with van der Waals surface area (Å²) in [6.07, 6.45) is 0. The molecule has 0 saturated heterocycles. The Morgan fingerprint density at radius 3 is 1.71 bits per heavy atom. The second-order valence-corrected chi connectivity index (χ2v) is 6.14. The highest BCUT2D eigenvalue weighted by Crippen LogP contribution is 2.39. The van der Waals surface area contributed by atoms with Gasteiger partial charge in [0.05, 0.1) is 0 Å². The van der Waals surface area contributed by atoms with Crippen molar-refractivity contribution < 1.29 is 0 Å². The van der Waals surface area contributed by atoms with Crippen molar-refractivity contribution in [1.29, 1.82) is 0 Å². The van der Waals surface area contributed by atoms with Gasteiger partial charge in [-0.15, -0.1) is 12.6 Å². The molecule has 1 rings (SSSR count). The lowest BCUT2D eigenvalue weighted by atomic mass is 9.85. The average Bonchev–Trinajstić information content (AvgIpc) is 2.19. The highest BCUT2D eigenvalue weighted by Gasteiger charge is 2.19. The summed E-state index contributed by atoms with van der Waals surface area (Å²) >= 11 is 4.61. The van der Waals surface area contributed by atoms with Crippen molar-refractivity contribution in [3.8, 4) is 0 Å². The molecule has 0 aliphatic heterocycles. The first-order valence-corrected chi connectivity index (χ1v) is 6.87. The first kappa shape index (κ1) is 14.4. The van der Waals surface area contributed by atoms with Gasteiger partial charge in [0.15, 0.2) is 0 Å². The maximum Gasteiger partial charge on any atom is 0.0490 e. The van der Waals surface area contributed by atoms with Gasteiger partial charge in [-0.25, -0.2) is 0 Å². The van der Waals surface area contributed by atoms with Gasteiger partial charge in [0, 0.05) is 10.6 Å². The Bertz CT molecular complexity index is 406. The van der Waals surface area contributed by atoms with Gasteiger partial charge in [0.25, 0.3) is 0 Å². The van der Waals surface area contributed by atoms with Crippen molar-refractivity contribution >= 4 is 18.3 Å². The number of thiol groups is 1. The van der Waals surface area contributed by atoms with Crippen molar-refractivity contribution in [1.82, 2.24) is 0 Å². The lowest BCUT2D eigenvalue weighted by molar-refractivity contribution is 0.770. The van der Waals surface area contributed by atoms with Crippen molar-refractivity contribution in [3.05, 3.63) is 22.8 Å². The van der Waals surface area contributed by atoms with E-state index in [9.17, 15) is 0 Å². The molecule has 1 nitrogen and oxygen atoms in total. The summed E-state index contributed by atoms with van der Waals surface area (Å²) in [7, 11) is 0. The number of nitrogen functional groups attached to an aromatic ring is 1. The van der Waals surface area contributed by atoms with Crippen molar-refractivity contribution in [2.24, 2.45) is 0 Å². The first-order valence-electron chi connectivity index (χ1n) is 6.42. The topological polar surface area (TPSA) is 26.0 Å². The summed E-state index contributed by atoms with van der Waals surface area (Å²) in [5, 5.41) is 0. The fraction of sp³-hybridized carbons (Fsp3) is 0.600. The van der Waals surface area contributed by atoms with Crippen LogP contribution in [0.1, 0.15) is 76.0 Å². The molecule has 0 spiro atoms. The Labute approximate surface area is 111 Å². The molecule has 0 radical (unpaired) electrons. The van der Waals surface area contributed by atoms with Gasteiger partial charge in [-0.05, 0) is 34.4 Å². The van der Waals surface area contributed by atoms with Crippen LogP contribution in [0.2, 0.25) is 0 Å². The highest BCUT2D eigenvalue weighted by molar-refractivity contribution is 7.80. The molecule has 0 heterocycles. The molecule has 17 heavy (non-hydrogen) atoms. The lowest BCUT2D eigenvalue weighted by Crippen LogP contribution is -2.08. The smallest absolute Gasteiger partial charge is 0.0490 e. The van der Waals surface area contributed by atoms with Gasteiger partial charge in [-0.2, -0.15) is 0 Å². The van der Waals surface area contributed by atoms with E-state index in [1.54, 1.807) is 0 Å². The van der Waals surface area contributed by atoms with Gasteiger partial charge < -0.3 is 5.73 Å². The van der Waals surface area contributed by atoms with Gasteiger partial charge in [0.1, 0.15) is 0 Å². The van der Waals surface area contributed by atoms with Crippen molar-refractivity contribution in [2.45, 2.75) is 64.2 Å². The molecule has 0 fully saturated rings. The SMILES string of the molecule is CC(C)c1cc(C(C)C)c(C(C)C)c(N)c1S. The van der Waals surface area contributed by atoms with E-state index < -0.39 is 0 Å². The van der Waals surface area contributed by atoms with Crippen LogP contribution >= 0.6 is 12.6 Å². The average molecular weight is 251 g/mol. The molecule has 0 atom stereocenters. The Hall–Kier alpha value is -0.630. The summed E-state index contributed by atoms with van der Waals surface area (Å²) in [5.74, 6) is 1.41. The molecule has 1 aromatic rings. The van der Waals surface area contributed by atoms with E-state index in [0.29, 0.717) is 17.8 Å². The van der Waals surface area contributed by atoms with Crippen LogP contribution in [0, 0.1) is 0 Å². The summed E-state index contributed by atoms with van der Waals surface area (Å²) in [6, 6.07) is 2.30. The number of hydrogen-bond acceptors (Lipinski definition) is 2.